The van der Waals surface area contributed by atoms with Gasteiger partial charge in [-0.2, -0.15) is 12.6 Å². The van der Waals surface area contributed by atoms with E-state index in [1.165, 1.54) is 6.92 Å². The van der Waals surface area contributed by atoms with E-state index < -0.39 is 23.4 Å². The predicted octanol–water partition coefficient (Wildman–Crippen LogP) is 1.09. The number of carbonyl (C=O) groups excluding carboxylic acids is 3. The summed E-state index contributed by atoms with van der Waals surface area (Å²) in [6.07, 6.45) is 1.38. The number of esters is 2. The van der Waals surface area contributed by atoms with Crippen LogP contribution in [0.3, 0.4) is 0 Å². The molecule has 0 aromatic carbocycles. The number of hydrogen-bond donors (Lipinski definition) is 2. The first-order valence-electron chi connectivity index (χ1n) is 6.68. The molecule has 0 aliphatic rings. The zero-order chi connectivity index (χ0) is 15.6. The molecular weight excluding hydrogens is 282 g/mol. The fraction of sp³-hybridized carbons (Fsp3) is 0.769. The van der Waals surface area contributed by atoms with Gasteiger partial charge in [0.2, 0.25) is 11.4 Å². The molecule has 0 spiro atoms. The minimum absolute atomic E-state index is 0.117. The maximum atomic E-state index is 12.2. The molecular formula is C13H23NO5S. The number of thiol groups is 1. The molecule has 0 aromatic rings. The topological polar surface area (TPSA) is 81.7 Å². The van der Waals surface area contributed by atoms with E-state index in [-0.39, 0.29) is 19.6 Å². The highest BCUT2D eigenvalue weighted by atomic mass is 32.1. The summed E-state index contributed by atoms with van der Waals surface area (Å²) < 4.78 is 9.87. The Bertz CT molecular complexity index is 328. The van der Waals surface area contributed by atoms with Crippen molar-refractivity contribution in [2.45, 2.75) is 45.6 Å². The van der Waals surface area contributed by atoms with Crippen molar-refractivity contribution in [2.24, 2.45) is 0 Å². The van der Waals surface area contributed by atoms with E-state index in [9.17, 15) is 14.4 Å². The van der Waals surface area contributed by atoms with Gasteiger partial charge < -0.3 is 14.8 Å². The number of hydrogen-bond acceptors (Lipinski definition) is 6. The van der Waals surface area contributed by atoms with E-state index in [0.29, 0.717) is 18.6 Å². The molecule has 0 heterocycles. The highest BCUT2D eigenvalue weighted by Crippen LogP contribution is 2.20. The zero-order valence-corrected chi connectivity index (χ0v) is 13.1. The Morgan fingerprint density at radius 2 is 1.55 bits per heavy atom. The molecule has 0 unspecified atom stereocenters. The summed E-state index contributed by atoms with van der Waals surface area (Å²) in [4.78, 5) is 35.7. The second-order valence-corrected chi connectivity index (χ2v) is 4.66. The van der Waals surface area contributed by atoms with Crippen LogP contribution in [0.25, 0.3) is 0 Å². The van der Waals surface area contributed by atoms with Gasteiger partial charge in [-0.3, -0.25) is 4.79 Å². The Morgan fingerprint density at radius 3 is 1.90 bits per heavy atom. The third kappa shape index (κ3) is 5.40. The average molecular weight is 305 g/mol. The lowest BCUT2D eigenvalue weighted by Gasteiger charge is -2.29. The van der Waals surface area contributed by atoms with E-state index >= 15 is 0 Å². The number of carbonyl (C=O) groups is 3. The molecule has 0 saturated heterocycles. The Morgan fingerprint density at radius 1 is 1.05 bits per heavy atom. The first-order chi connectivity index (χ1) is 9.44. The van der Waals surface area contributed by atoms with Crippen LogP contribution in [0.15, 0.2) is 0 Å². The van der Waals surface area contributed by atoms with Crippen LogP contribution in [-0.4, -0.2) is 42.4 Å². The van der Waals surface area contributed by atoms with Crippen molar-refractivity contribution in [3.8, 4) is 0 Å². The third-order valence-corrected chi connectivity index (χ3v) is 2.91. The highest BCUT2D eigenvalue weighted by Gasteiger charge is 2.49. The number of amides is 1. The lowest BCUT2D eigenvalue weighted by atomic mass is 9.92. The maximum absolute atomic E-state index is 12.2. The van der Waals surface area contributed by atoms with Gasteiger partial charge in [0.15, 0.2) is 0 Å². The van der Waals surface area contributed by atoms with E-state index in [0.717, 1.165) is 0 Å². The lowest BCUT2D eigenvalue weighted by molar-refractivity contribution is -0.168. The fourth-order valence-corrected chi connectivity index (χ4v) is 1.99. The minimum Gasteiger partial charge on any atom is -0.464 e. The van der Waals surface area contributed by atoms with Crippen LogP contribution in [-0.2, 0) is 23.9 Å². The largest absolute Gasteiger partial charge is 0.464 e. The fourth-order valence-electron chi connectivity index (χ4n) is 1.76. The quantitative estimate of drug-likeness (QED) is 0.288. The van der Waals surface area contributed by atoms with Crippen molar-refractivity contribution >= 4 is 30.5 Å². The molecule has 6 nitrogen and oxygen atoms in total. The number of ether oxygens (including phenoxy) is 2. The van der Waals surface area contributed by atoms with Gasteiger partial charge in [0.05, 0.1) is 13.2 Å². The molecule has 20 heavy (non-hydrogen) atoms. The van der Waals surface area contributed by atoms with Gasteiger partial charge in [-0.05, 0) is 38.9 Å². The van der Waals surface area contributed by atoms with Crippen molar-refractivity contribution in [1.29, 1.82) is 0 Å². The summed E-state index contributed by atoms with van der Waals surface area (Å²) in [5, 5.41) is 2.41. The summed E-state index contributed by atoms with van der Waals surface area (Å²) in [7, 11) is 0. The smallest absolute Gasteiger partial charge is 0.343 e. The first-order valence-corrected chi connectivity index (χ1v) is 7.31. The Kier molecular flexibility index (Phi) is 9.03. The van der Waals surface area contributed by atoms with Crippen LogP contribution >= 0.6 is 12.6 Å². The first kappa shape index (κ1) is 18.8. The van der Waals surface area contributed by atoms with Crippen LogP contribution in [0.5, 0.6) is 0 Å². The van der Waals surface area contributed by atoms with E-state index in [2.05, 4.69) is 17.9 Å². The number of rotatable bonds is 9. The monoisotopic (exact) mass is 305 g/mol. The number of nitrogens with one attached hydrogen (secondary N) is 1. The van der Waals surface area contributed by atoms with E-state index in [4.69, 9.17) is 9.47 Å². The van der Waals surface area contributed by atoms with E-state index in [1.54, 1.807) is 13.8 Å². The average Bonchev–Trinajstić information content (AvgIpc) is 2.37. The molecule has 116 valence electrons. The minimum atomic E-state index is -1.76. The second-order valence-electron chi connectivity index (χ2n) is 4.21. The van der Waals surface area contributed by atoms with Crippen molar-refractivity contribution in [3.63, 3.8) is 0 Å². The van der Waals surface area contributed by atoms with Gasteiger partial charge in [0, 0.05) is 6.92 Å². The Hall–Kier alpha value is -1.24. The van der Waals surface area contributed by atoms with E-state index in [1.807, 2.05) is 0 Å². The van der Waals surface area contributed by atoms with Gasteiger partial charge in [0.1, 0.15) is 0 Å². The SMILES string of the molecule is CCOC(=O)C(CCCCS)(NC(C)=O)C(=O)OCC. The summed E-state index contributed by atoms with van der Waals surface area (Å²) in [6, 6.07) is 0. The van der Waals surface area contributed by atoms with Gasteiger partial charge >= 0.3 is 11.9 Å². The Balaban J connectivity index is 5.31. The van der Waals surface area contributed by atoms with Crippen molar-refractivity contribution < 1.29 is 23.9 Å². The molecule has 1 N–H and O–H groups in total. The van der Waals surface area contributed by atoms with Gasteiger partial charge in [-0.15, -0.1) is 0 Å². The van der Waals surface area contributed by atoms with Gasteiger partial charge in [0.25, 0.3) is 0 Å². The second kappa shape index (κ2) is 9.63. The maximum Gasteiger partial charge on any atom is 0.343 e. The van der Waals surface area contributed by atoms with Crippen molar-refractivity contribution in [2.75, 3.05) is 19.0 Å². The molecule has 0 fully saturated rings. The van der Waals surface area contributed by atoms with Crippen LogP contribution in [0, 0.1) is 0 Å². The van der Waals surface area contributed by atoms with Gasteiger partial charge in [-0.25, -0.2) is 9.59 Å². The summed E-state index contributed by atoms with van der Waals surface area (Å²) in [5.74, 6) is -1.43. The van der Waals surface area contributed by atoms with Gasteiger partial charge in [-0.1, -0.05) is 0 Å². The summed E-state index contributed by atoms with van der Waals surface area (Å²) >= 11 is 4.09. The predicted molar refractivity (Wildman–Crippen MR) is 77.5 cm³/mol. The molecule has 0 aliphatic heterocycles. The molecule has 0 bridgehead atoms. The number of unbranched alkanes of at least 4 members (excludes halogenated alkanes) is 1. The zero-order valence-electron chi connectivity index (χ0n) is 12.2. The summed E-state index contributed by atoms with van der Waals surface area (Å²) in [5.41, 5.74) is -1.76. The van der Waals surface area contributed by atoms with Crippen LogP contribution < -0.4 is 5.32 Å². The van der Waals surface area contributed by atoms with Crippen molar-refractivity contribution in [1.82, 2.24) is 5.32 Å². The summed E-state index contributed by atoms with van der Waals surface area (Å²) in [6.45, 7) is 4.74. The molecule has 1 amide bonds. The normalized spacial score (nSPS) is 10.8. The molecule has 7 heteroatoms. The molecule has 0 atom stereocenters. The van der Waals surface area contributed by atoms with Crippen LogP contribution in [0.1, 0.15) is 40.0 Å². The molecule has 0 rings (SSSR count). The molecule has 0 saturated carbocycles. The third-order valence-electron chi connectivity index (χ3n) is 2.60. The molecule has 0 aromatic heterocycles. The van der Waals surface area contributed by atoms with Crippen LogP contribution in [0.2, 0.25) is 0 Å². The molecule has 0 radical (unpaired) electrons. The highest BCUT2D eigenvalue weighted by molar-refractivity contribution is 7.80. The van der Waals surface area contributed by atoms with Crippen molar-refractivity contribution in [3.05, 3.63) is 0 Å². The lowest BCUT2D eigenvalue weighted by Crippen LogP contribution is -2.61. The molecule has 0 aliphatic carbocycles. The Labute approximate surface area is 125 Å². The standard InChI is InChI=1S/C13H23NO5S/c1-4-18-11(16)13(14-10(3)15,8-6-7-9-20)12(17)19-5-2/h20H,4-9H2,1-3H3,(H,14,15). The van der Waals surface area contributed by atoms with Crippen LogP contribution in [0.4, 0.5) is 0 Å².